The highest BCUT2D eigenvalue weighted by molar-refractivity contribution is 9.10. The summed E-state index contributed by atoms with van der Waals surface area (Å²) in [5.74, 6) is -0.0924. The zero-order valence-electron chi connectivity index (χ0n) is 9.96. The summed E-state index contributed by atoms with van der Waals surface area (Å²) >= 11 is 15.2. The van der Waals surface area contributed by atoms with Gasteiger partial charge in [-0.25, -0.2) is 4.39 Å². The van der Waals surface area contributed by atoms with Gasteiger partial charge < -0.3 is 4.74 Å². The van der Waals surface area contributed by atoms with Crippen molar-refractivity contribution in [2.24, 2.45) is 0 Å². The maximum Gasteiger partial charge on any atom is 0.139 e. The first kappa shape index (κ1) is 15.1. The molecular weight excluding hydrogens is 368 g/mol. The first-order valence-corrected chi connectivity index (χ1v) is 7.01. The number of hydrogen-bond acceptors (Lipinski definition) is 2. The molecule has 0 unspecified atom stereocenters. The van der Waals surface area contributed by atoms with Gasteiger partial charge in [-0.15, -0.1) is 0 Å². The molecule has 102 valence electrons. The number of halogens is 4. The minimum absolute atomic E-state index is 0.0874. The Labute approximate surface area is 133 Å². The molecule has 0 atom stereocenters. The third-order valence-electron chi connectivity index (χ3n) is 2.46. The lowest BCUT2D eigenvalue weighted by molar-refractivity contribution is 0.305. The van der Waals surface area contributed by atoms with Gasteiger partial charge in [0.2, 0.25) is 0 Å². The van der Waals surface area contributed by atoms with Crippen LogP contribution in [-0.4, -0.2) is 0 Å². The maximum atomic E-state index is 13.3. The predicted molar refractivity (Wildman–Crippen MR) is 79.6 cm³/mol. The molecule has 0 fully saturated rings. The van der Waals surface area contributed by atoms with Crippen molar-refractivity contribution in [2.75, 3.05) is 0 Å². The molecule has 2 aromatic carbocycles. The van der Waals surface area contributed by atoms with Gasteiger partial charge in [-0.1, -0.05) is 23.2 Å². The Morgan fingerprint density at radius 1 is 1.15 bits per heavy atom. The summed E-state index contributed by atoms with van der Waals surface area (Å²) in [5, 5.41) is 9.63. The molecule has 20 heavy (non-hydrogen) atoms. The third kappa shape index (κ3) is 3.63. The summed E-state index contributed by atoms with van der Waals surface area (Å²) in [4.78, 5) is 0. The van der Waals surface area contributed by atoms with Gasteiger partial charge in [0.25, 0.3) is 0 Å². The number of rotatable bonds is 3. The van der Waals surface area contributed by atoms with Gasteiger partial charge in [0, 0.05) is 10.5 Å². The molecule has 0 aliphatic rings. The Bertz CT molecular complexity index is 700. The molecule has 0 bridgehead atoms. The molecule has 0 radical (unpaired) electrons. The van der Waals surface area contributed by atoms with Crippen LogP contribution in [-0.2, 0) is 6.61 Å². The molecule has 2 aromatic rings. The van der Waals surface area contributed by atoms with Crippen molar-refractivity contribution >= 4 is 39.1 Å². The maximum absolute atomic E-state index is 13.3. The first-order valence-electron chi connectivity index (χ1n) is 5.46. The molecule has 0 aromatic heterocycles. The van der Waals surface area contributed by atoms with Crippen LogP contribution >= 0.6 is 39.1 Å². The van der Waals surface area contributed by atoms with E-state index in [1.807, 2.05) is 6.07 Å². The Kier molecular flexibility index (Phi) is 4.87. The molecule has 0 spiro atoms. The van der Waals surface area contributed by atoms with Crippen molar-refractivity contribution in [1.82, 2.24) is 0 Å². The quantitative estimate of drug-likeness (QED) is 0.678. The van der Waals surface area contributed by atoms with Crippen molar-refractivity contribution in [3.63, 3.8) is 0 Å². The SMILES string of the molecule is N#Cc1cc(F)cc(COc2cc(Cl)c(Br)cc2Cl)c1. The molecule has 0 amide bonds. The Morgan fingerprint density at radius 3 is 2.60 bits per heavy atom. The lowest BCUT2D eigenvalue weighted by Crippen LogP contribution is -1.98. The molecule has 2 nitrogen and oxygen atoms in total. The average molecular weight is 375 g/mol. The van der Waals surface area contributed by atoms with Gasteiger partial charge in [-0.3, -0.25) is 0 Å². The molecule has 0 N–H and O–H groups in total. The highest BCUT2D eigenvalue weighted by Gasteiger charge is 2.08. The number of ether oxygens (including phenoxy) is 1. The van der Waals surface area contributed by atoms with E-state index in [0.717, 1.165) is 6.07 Å². The minimum Gasteiger partial charge on any atom is -0.487 e. The highest BCUT2D eigenvalue weighted by atomic mass is 79.9. The van der Waals surface area contributed by atoms with Crippen molar-refractivity contribution in [3.8, 4) is 11.8 Å². The van der Waals surface area contributed by atoms with E-state index < -0.39 is 5.82 Å². The van der Waals surface area contributed by atoms with Crippen LogP contribution in [0.3, 0.4) is 0 Å². The monoisotopic (exact) mass is 373 g/mol. The van der Waals surface area contributed by atoms with Crippen LogP contribution in [0.1, 0.15) is 11.1 Å². The smallest absolute Gasteiger partial charge is 0.139 e. The van der Waals surface area contributed by atoms with E-state index in [9.17, 15) is 4.39 Å². The van der Waals surface area contributed by atoms with Gasteiger partial charge in [0.05, 0.1) is 21.7 Å². The van der Waals surface area contributed by atoms with Crippen molar-refractivity contribution in [2.45, 2.75) is 6.61 Å². The standard InChI is InChI=1S/C14H7BrCl2FNO/c15-11-4-13(17)14(5-12(11)16)20-7-9-1-8(6-19)2-10(18)3-9/h1-5H,7H2. The van der Waals surface area contributed by atoms with Crippen LogP contribution in [0.5, 0.6) is 5.75 Å². The van der Waals surface area contributed by atoms with Gasteiger partial charge in [-0.05, 0) is 45.8 Å². The Balaban J connectivity index is 2.19. The zero-order chi connectivity index (χ0) is 14.7. The lowest BCUT2D eigenvalue weighted by Gasteiger charge is -2.10. The van der Waals surface area contributed by atoms with Gasteiger partial charge in [0.1, 0.15) is 18.2 Å². The van der Waals surface area contributed by atoms with Crippen LogP contribution in [0.4, 0.5) is 4.39 Å². The Morgan fingerprint density at radius 2 is 1.90 bits per heavy atom. The van der Waals surface area contributed by atoms with Crippen molar-refractivity contribution in [1.29, 1.82) is 5.26 Å². The summed E-state index contributed by atoms with van der Waals surface area (Å²) in [6, 6.07) is 9.08. The highest BCUT2D eigenvalue weighted by Crippen LogP contribution is 2.34. The fourth-order valence-electron chi connectivity index (χ4n) is 1.57. The second-order valence-corrected chi connectivity index (χ2v) is 5.61. The molecule has 0 heterocycles. The van der Waals surface area contributed by atoms with Crippen LogP contribution in [0.2, 0.25) is 10.0 Å². The molecule has 0 aliphatic carbocycles. The number of hydrogen-bond donors (Lipinski definition) is 0. The van der Waals surface area contributed by atoms with E-state index in [0.29, 0.717) is 25.8 Å². The van der Waals surface area contributed by atoms with Gasteiger partial charge in [-0.2, -0.15) is 5.26 Å². The molecule has 2 rings (SSSR count). The van der Waals surface area contributed by atoms with Crippen molar-refractivity contribution < 1.29 is 9.13 Å². The van der Waals surface area contributed by atoms with E-state index in [-0.39, 0.29) is 12.2 Å². The van der Waals surface area contributed by atoms with Crippen LogP contribution in [0.25, 0.3) is 0 Å². The summed E-state index contributed by atoms with van der Waals surface area (Å²) < 4.78 is 19.4. The zero-order valence-corrected chi connectivity index (χ0v) is 13.1. The van der Waals surface area contributed by atoms with Crippen LogP contribution in [0.15, 0.2) is 34.8 Å². The fourth-order valence-corrected chi connectivity index (χ4v) is 2.42. The molecule has 0 aliphatic heterocycles. The lowest BCUT2D eigenvalue weighted by atomic mass is 10.1. The normalized spacial score (nSPS) is 10.2. The van der Waals surface area contributed by atoms with E-state index in [4.69, 9.17) is 33.2 Å². The average Bonchev–Trinajstić information content (AvgIpc) is 2.40. The Hall–Kier alpha value is -1.28. The van der Waals surface area contributed by atoms with Gasteiger partial charge >= 0.3 is 0 Å². The second-order valence-electron chi connectivity index (χ2n) is 3.95. The number of nitrogens with zero attached hydrogens (tertiary/aromatic N) is 1. The van der Waals surface area contributed by atoms with Gasteiger partial charge in [0.15, 0.2) is 0 Å². The van der Waals surface area contributed by atoms with E-state index in [2.05, 4.69) is 15.9 Å². The topological polar surface area (TPSA) is 33.0 Å². The minimum atomic E-state index is -0.484. The first-order chi connectivity index (χ1) is 9.49. The number of nitriles is 1. The molecule has 0 saturated heterocycles. The third-order valence-corrected chi connectivity index (χ3v) is 3.95. The van der Waals surface area contributed by atoms with E-state index in [1.54, 1.807) is 18.2 Å². The number of benzene rings is 2. The summed E-state index contributed by atoms with van der Waals surface area (Å²) in [5.41, 5.74) is 0.778. The predicted octanol–water partition coefficient (Wildman–Crippen LogP) is 5.35. The van der Waals surface area contributed by atoms with E-state index in [1.165, 1.54) is 6.07 Å². The summed E-state index contributed by atoms with van der Waals surface area (Å²) in [6.45, 7) is 0.0874. The summed E-state index contributed by atoms with van der Waals surface area (Å²) in [7, 11) is 0. The van der Waals surface area contributed by atoms with E-state index >= 15 is 0 Å². The second kappa shape index (κ2) is 6.45. The van der Waals surface area contributed by atoms with Crippen LogP contribution in [0, 0.1) is 17.1 Å². The molecule has 0 saturated carbocycles. The summed E-state index contributed by atoms with van der Waals surface area (Å²) in [6.07, 6.45) is 0. The molecule has 6 heteroatoms. The van der Waals surface area contributed by atoms with Crippen molar-refractivity contribution in [3.05, 3.63) is 61.8 Å². The largest absolute Gasteiger partial charge is 0.487 e. The molecular formula is C14H7BrCl2FNO. The fraction of sp³-hybridized carbons (Fsp3) is 0.0714. The van der Waals surface area contributed by atoms with Crippen LogP contribution < -0.4 is 4.74 Å².